The van der Waals surface area contributed by atoms with E-state index in [4.69, 9.17) is 9.47 Å². The number of carbonyl (C=O) groups excluding carboxylic acids is 2. The van der Waals surface area contributed by atoms with E-state index >= 15 is 0 Å². The normalized spacial score (nSPS) is 19.5. The van der Waals surface area contributed by atoms with Crippen LogP contribution in [0.3, 0.4) is 0 Å². The summed E-state index contributed by atoms with van der Waals surface area (Å²) < 4.78 is 11.9. The molecule has 1 N–H and O–H groups in total. The van der Waals surface area contributed by atoms with Gasteiger partial charge in [-0.1, -0.05) is 12.1 Å². The molecule has 0 unspecified atom stereocenters. The van der Waals surface area contributed by atoms with Crippen LogP contribution in [-0.2, 0) is 16.1 Å². The van der Waals surface area contributed by atoms with Crippen LogP contribution in [0.4, 0.5) is 0 Å². The number of rotatable bonds is 7. The second-order valence-electron chi connectivity index (χ2n) is 10.8. The van der Waals surface area contributed by atoms with Crippen molar-refractivity contribution < 1.29 is 19.1 Å². The Balaban J connectivity index is 1.17. The largest absolute Gasteiger partial charge is 0.457 e. The van der Waals surface area contributed by atoms with Crippen molar-refractivity contribution in [1.29, 1.82) is 0 Å². The Morgan fingerprint density at radius 3 is 2.67 bits per heavy atom. The molecule has 204 valence electrons. The Bertz CT molecular complexity index is 1330. The minimum Gasteiger partial charge on any atom is -0.457 e. The van der Waals surface area contributed by atoms with Gasteiger partial charge >= 0.3 is 0 Å². The molecule has 0 radical (unpaired) electrons. The van der Waals surface area contributed by atoms with Crippen molar-refractivity contribution in [2.24, 2.45) is 0 Å². The Labute approximate surface area is 229 Å². The van der Waals surface area contributed by atoms with E-state index in [1.165, 1.54) is 0 Å². The molecule has 8 heteroatoms. The second-order valence-corrected chi connectivity index (χ2v) is 10.8. The molecule has 4 heterocycles. The maximum absolute atomic E-state index is 13.3. The number of likely N-dealkylation sites (tertiary alicyclic amines) is 2. The average molecular weight is 529 g/mol. The van der Waals surface area contributed by atoms with Crippen molar-refractivity contribution in [2.75, 3.05) is 32.8 Å². The molecule has 3 aliphatic heterocycles. The van der Waals surface area contributed by atoms with Crippen LogP contribution >= 0.6 is 0 Å². The predicted octanol–water partition coefficient (Wildman–Crippen LogP) is 4.52. The SMILES string of the molecule is O=C(NC1CCN(C2CCOCC2)CC1)c1ccc(CN2CCCC2=O)c(Oc2ccc3ncccc3c2)c1. The number of amides is 2. The third-order valence-corrected chi connectivity index (χ3v) is 8.24. The Hall–Kier alpha value is -3.49. The molecule has 2 aromatic carbocycles. The van der Waals surface area contributed by atoms with Gasteiger partial charge in [0.05, 0.1) is 5.52 Å². The summed E-state index contributed by atoms with van der Waals surface area (Å²) in [4.78, 5) is 34.4. The van der Waals surface area contributed by atoms with Crippen molar-refractivity contribution in [1.82, 2.24) is 20.1 Å². The van der Waals surface area contributed by atoms with Crippen molar-refractivity contribution in [3.05, 3.63) is 65.9 Å². The van der Waals surface area contributed by atoms with E-state index in [1.807, 2.05) is 53.4 Å². The van der Waals surface area contributed by atoms with Crippen molar-refractivity contribution in [2.45, 2.75) is 57.2 Å². The number of nitrogens with one attached hydrogen (secondary N) is 1. The lowest BCUT2D eigenvalue weighted by Gasteiger charge is -2.39. The Kier molecular flexibility index (Phi) is 7.74. The summed E-state index contributed by atoms with van der Waals surface area (Å²) in [5.74, 6) is 1.34. The van der Waals surface area contributed by atoms with Crippen LogP contribution in [0.1, 0.15) is 54.4 Å². The van der Waals surface area contributed by atoms with E-state index in [2.05, 4.69) is 15.2 Å². The lowest BCUT2D eigenvalue weighted by molar-refractivity contribution is -0.128. The summed E-state index contributed by atoms with van der Waals surface area (Å²) in [5.41, 5.74) is 2.34. The molecule has 8 nitrogen and oxygen atoms in total. The summed E-state index contributed by atoms with van der Waals surface area (Å²) in [7, 11) is 0. The second kappa shape index (κ2) is 11.7. The van der Waals surface area contributed by atoms with Crippen LogP contribution in [0.5, 0.6) is 11.5 Å². The molecule has 0 spiro atoms. The van der Waals surface area contributed by atoms with Crippen LogP contribution in [-0.4, -0.2) is 71.5 Å². The zero-order valence-electron chi connectivity index (χ0n) is 22.3. The number of nitrogens with zero attached hydrogens (tertiary/aromatic N) is 3. The van der Waals surface area contributed by atoms with Gasteiger partial charge in [0.2, 0.25) is 5.91 Å². The van der Waals surface area contributed by atoms with Gasteiger partial charge in [-0.05, 0) is 68.5 Å². The monoisotopic (exact) mass is 528 g/mol. The summed E-state index contributed by atoms with van der Waals surface area (Å²) >= 11 is 0. The standard InChI is InChI=1S/C31H36N4O4/c36-30-4-2-14-35(30)21-24-6-5-23(20-29(24)39-27-7-8-28-22(19-27)3-1-13-32-28)31(37)33-25-9-15-34(16-10-25)26-11-17-38-18-12-26/h1,3,5-8,13,19-20,25-26H,2,4,9-12,14-18,21H2,(H,33,37). The number of benzene rings is 2. The molecule has 3 aliphatic rings. The highest BCUT2D eigenvalue weighted by atomic mass is 16.5. The van der Waals surface area contributed by atoms with Crippen LogP contribution in [0.2, 0.25) is 0 Å². The minimum atomic E-state index is -0.0872. The molecule has 6 rings (SSSR count). The lowest BCUT2D eigenvalue weighted by Crippen LogP contribution is -2.49. The zero-order valence-corrected chi connectivity index (χ0v) is 22.3. The number of fused-ring (bicyclic) bond motifs is 1. The molecule has 0 aliphatic carbocycles. The van der Waals surface area contributed by atoms with Gasteiger partial charge in [0, 0.05) is 80.6 Å². The summed E-state index contributed by atoms with van der Waals surface area (Å²) in [6.07, 6.45) is 7.33. The quantitative estimate of drug-likeness (QED) is 0.485. The summed E-state index contributed by atoms with van der Waals surface area (Å²) in [6, 6.07) is 16.0. The Morgan fingerprint density at radius 1 is 1.03 bits per heavy atom. The molecular formula is C31H36N4O4. The highest BCUT2D eigenvalue weighted by molar-refractivity contribution is 5.95. The molecular weight excluding hydrogens is 492 g/mol. The first kappa shape index (κ1) is 25.8. The van der Waals surface area contributed by atoms with Crippen molar-refractivity contribution in [3.63, 3.8) is 0 Å². The molecule has 0 atom stereocenters. The van der Waals surface area contributed by atoms with E-state index in [1.54, 1.807) is 6.20 Å². The molecule has 0 saturated carbocycles. The number of pyridine rings is 1. The Morgan fingerprint density at radius 2 is 1.87 bits per heavy atom. The molecule has 3 fully saturated rings. The average Bonchev–Trinajstić information content (AvgIpc) is 3.38. The molecule has 1 aromatic heterocycles. The zero-order chi connectivity index (χ0) is 26.6. The van der Waals surface area contributed by atoms with Crippen LogP contribution in [0, 0.1) is 0 Å². The molecule has 0 bridgehead atoms. The van der Waals surface area contributed by atoms with Gasteiger partial charge < -0.3 is 24.6 Å². The first-order chi connectivity index (χ1) is 19.1. The van der Waals surface area contributed by atoms with Gasteiger partial charge in [-0.15, -0.1) is 0 Å². The van der Waals surface area contributed by atoms with E-state index < -0.39 is 0 Å². The molecule has 3 aromatic rings. The molecule has 3 saturated heterocycles. The lowest BCUT2D eigenvalue weighted by atomic mass is 9.99. The van der Waals surface area contributed by atoms with Crippen LogP contribution in [0.15, 0.2) is 54.7 Å². The van der Waals surface area contributed by atoms with E-state index in [-0.39, 0.29) is 17.9 Å². The van der Waals surface area contributed by atoms with E-state index in [9.17, 15) is 9.59 Å². The predicted molar refractivity (Wildman–Crippen MR) is 149 cm³/mol. The maximum Gasteiger partial charge on any atom is 0.251 e. The minimum absolute atomic E-state index is 0.0872. The molecule has 39 heavy (non-hydrogen) atoms. The van der Waals surface area contributed by atoms with Crippen molar-refractivity contribution in [3.8, 4) is 11.5 Å². The fourth-order valence-corrected chi connectivity index (χ4v) is 5.97. The van der Waals surface area contributed by atoms with Gasteiger partial charge in [0.1, 0.15) is 11.5 Å². The highest BCUT2D eigenvalue weighted by Crippen LogP contribution is 2.31. The highest BCUT2D eigenvalue weighted by Gasteiger charge is 2.28. The van der Waals surface area contributed by atoms with Crippen LogP contribution in [0.25, 0.3) is 10.9 Å². The number of carbonyl (C=O) groups is 2. The number of aromatic nitrogens is 1. The number of hydrogen-bond acceptors (Lipinski definition) is 6. The number of ether oxygens (including phenoxy) is 2. The van der Waals surface area contributed by atoms with Gasteiger partial charge in [-0.2, -0.15) is 0 Å². The summed E-state index contributed by atoms with van der Waals surface area (Å²) in [6.45, 7) is 4.92. The third-order valence-electron chi connectivity index (χ3n) is 8.24. The summed E-state index contributed by atoms with van der Waals surface area (Å²) in [5, 5.41) is 4.23. The third kappa shape index (κ3) is 6.07. The molecule has 2 amide bonds. The van der Waals surface area contributed by atoms with Crippen molar-refractivity contribution >= 4 is 22.7 Å². The van der Waals surface area contributed by atoms with Gasteiger partial charge in [0.25, 0.3) is 5.91 Å². The smallest absolute Gasteiger partial charge is 0.251 e. The maximum atomic E-state index is 13.3. The number of hydrogen-bond donors (Lipinski definition) is 1. The fourth-order valence-electron chi connectivity index (χ4n) is 5.97. The number of piperidine rings is 1. The first-order valence-corrected chi connectivity index (χ1v) is 14.2. The van der Waals surface area contributed by atoms with Gasteiger partial charge in [-0.3, -0.25) is 14.6 Å². The topological polar surface area (TPSA) is 84.0 Å². The van der Waals surface area contributed by atoms with Gasteiger partial charge in [-0.25, -0.2) is 0 Å². The van der Waals surface area contributed by atoms with Crippen LogP contribution < -0.4 is 10.1 Å². The van der Waals surface area contributed by atoms with E-state index in [0.29, 0.717) is 36.1 Å². The van der Waals surface area contributed by atoms with E-state index in [0.717, 1.165) is 81.4 Å². The van der Waals surface area contributed by atoms with Gasteiger partial charge in [0.15, 0.2) is 0 Å². The fraction of sp³-hybridized carbons (Fsp3) is 0.452. The first-order valence-electron chi connectivity index (χ1n) is 14.2.